The van der Waals surface area contributed by atoms with Gasteiger partial charge >= 0.3 is 0 Å². The highest BCUT2D eigenvalue weighted by atomic mass is 32.2. The molecule has 1 N–H and O–H groups in total. The number of nitrogens with one attached hydrogen (secondary N) is 1. The summed E-state index contributed by atoms with van der Waals surface area (Å²) >= 11 is 3.12. The predicted molar refractivity (Wildman–Crippen MR) is 112 cm³/mol. The number of carbonyl (C=O) groups excluding carboxylic acids is 1. The molecule has 1 heterocycles. The van der Waals surface area contributed by atoms with Crippen LogP contribution in [0.4, 0.5) is 0 Å². The molecule has 0 bridgehead atoms. The summed E-state index contributed by atoms with van der Waals surface area (Å²) < 4.78 is 0. The molecule has 0 aliphatic heterocycles. The molecule has 0 aliphatic rings. The summed E-state index contributed by atoms with van der Waals surface area (Å²) in [6.07, 6.45) is 0. The number of aromatic nitrogens is 1. The van der Waals surface area contributed by atoms with Gasteiger partial charge < -0.3 is 5.32 Å². The van der Waals surface area contributed by atoms with E-state index in [4.69, 9.17) is 5.26 Å². The summed E-state index contributed by atoms with van der Waals surface area (Å²) in [6.45, 7) is 2.49. The van der Waals surface area contributed by atoms with E-state index in [2.05, 4.69) is 16.4 Å². The van der Waals surface area contributed by atoms with E-state index in [1.54, 1.807) is 11.8 Å². The largest absolute Gasteiger partial charge is 0.350 e. The van der Waals surface area contributed by atoms with Crippen LogP contribution in [-0.4, -0.2) is 23.2 Å². The molecule has 0 saturated carbocycles. The van der Waals surface area contributed by atoms with E-state index in [9.17, 15) is 4.79 Å². The molecule has 27 heavy (non-hydrogen) atoms. The van der Waals surface area contributed by atoms with Crippen molar-refractivity contribution in [1.82, 2.24) is 10.3 Å². The summed E-state index contributed by atoms with van der Waals surface area (Å²) in [7, 11) is 0. The second-order valence-electron chi connectivity index (χ2n) is 5.85. The molecule has 0 fully saturated rings. The predicted octanol–water partition coefficient (Wildman–Crippen LogP) is 4.65. The second-order valence-corrected chi connectivity index (χ2v) is 8.16. The Morgan fingerprint density at radius 1 is 1.19 bits per heavy atom. The normalized spacial score (nSPS) is 10.4. The van der Waals surface area contributed by atoms with Crippen molar-refractivity contribution < 1.29 is 4.79 Å². The number of carbonyl (C=O) groups is 1. The summed E-state index contributed by atoms with van der Waals surface area (Å²) in [5, 5.41) is 13.0. The number of nitriles is 1. The van der Waals surface area contributed by atoms with Gasteiger partial charge in [0, 0.05) is 23.6 Å². The van der Waals surface area contributed by atoms with Crippen molar-refractivity contribution in [2.45, 2.75) is 12.7 Å². The van der Waals surface area contributed by atoms with Crippen LogP contribution in [0.15, 0.2) is 54.6 Å². The third-order valence-electron chi connectivity index (χ3n) is 3.91. The van der Waals surface area contributed by atoms with E-state index in [1.165, 1.54) is 11.3 Å². The van der Waals surface area contributed by atoms with Gasteiger partial charge in [0.25, 0.3) is 5.91 Å². The summed E-state index contributed by atoms with van der Waals surface area (Å²) in [5.41, 5.74) is 3.43. The van der Waals surface area contributed by atoms with Crippen molar-refractivity contribution in [3.05, 3.63) is 75.6 Å². The lowest BCUT2D eigenvalue weighted by molar-refractivity contribution is 0.0960. The Balaban J connectivity index is 1.54. The molecule has 2 aromatic carbocycles. The van der Waals surface area contributed by atoms with E-state index in [1.807, 2.05) is 61.5 Å². The maximum atomic E-state index is 12.6. The van der Waals surface area contributed by atoms with Crippen molar-refractivity contribution in [2.75, 3.05) is 12.3 Å². The first kappa shape index (κ1) is 19.2. The number of benzene rings is 2. The summed E-state index contributed by atoms with van der Waals surface area (Å²) in [5.74, 6) is 1.45. The molecule has 0 aliphatic carbocycles. The Hall–Kier alpha value is -2.62. The molecule has 4 nitrogen and oxygen atoms in total. The number of hydrogen-bond acceptors (Lipinski definition) is 5. The zero-order valence-corrected chi connectivity index (χ0v) is 16.6. The maximum Gasteiger partial charge on any atom is 0.263 e. The lowest BCUT2D eigenvalue weighted by Gasteiger charge is -2.06. The molecular weight excluding hydrogens is 374 g/mol. The van der Waals surface area contributed by atoms with Crippen LogP contribution < -0.4 is 5.32 Å². The molecule has 6 heteroatoms. The van der Waals surface area contributed by atoms with Gasteiger partial charge in [-0.25, -0.2) is 4.98 Å². The fourth-order valence-corrected chi connectivity index (χ4v) is 4.35. The highest BCUT2D eigenvalue weighted by molar-refractivity contribution is 7.98. The quantitative estimate of drug-likeness (QED) is 0.593. The molecule has 1 aromatic heterocycles. The Morgan fingerprint density at radius 3 is 2.70 bits per heavy atom. The smallest absolute Gasteiger partial charge is 0.263 e. The minimum absolute atomic E-state index is 0.0857. The molecule has 3 aromatic rings. The van der Waals surface area contributed by atoms with Gasteiger partial charge in [-0.1, -0.05) is 48.5 Å². The minimum atomic E-state index is -0.0857. The first-order chi connectivity index (χ1) is 13.2. The molecule has 0 saturated heterocycles. The maximum absolute atomic E-state index is 12.6. The Bertz CT molecular complexity index is 961. The van der Waals surface area contributed by atoms with Gasteiger partial charge in [0.15, 0.2) is 0 Å². The highest BCUT2D eigenvalue weighted by Crippen LogP contribution is 2.27. The topological polar surface area (TPSA) is 65.8 Å². The van der Waals surface area contributed by atoms with Crippen LogP contribution in [0.3, 0.4) is 0 Å². The Labute approximate surface area is 167 Å². The lowest BCUT2D eigenvalue weighted by atomic mass is 10.1. The van der Waals surface area contributed by atoms with Crippen LogP contribution in [0.2, 0.25) is 0 Å². The summed E-state index contributed by atoms with van der Waals surface area (Å²) in [4.78, 5) is 17.8. The average Bonchev–Trinajstić information content (AvgIpc) is 3.10. The van der Waals surface area contributed by atoms with Gasteiger partial charge in [-0.2, -0.15) is 17.0 Å². The van der Waals surface area contributed by atoms with E-state index < -0.39 is 0 Å². The van der Waals surface area contributed by atoms with E-state index >= 15 is 0 Å². The zero-order valence-electron chi connectivity index (χ0n) is 14.9. The third kappa shape index (κ3) is 4.97. The van der Waals surface area contributed by atoms with Gasteiger partial charge in [0.2, 0.25) is 0 Å². The second kappa shape index (κ2) is 9.36. The SMILES string of the molecule is Cc1nc(-c2ccccc2)c(C(=O)NCCSCc2ccccc2C#N)s1. The van der Waals surface area contributed by atoms with Crippen LogP contribution in [0, 0.1) is 18.3 Å². The fourth-order valence-electron chi connectivity index (χ4n) is 2.63. The van der Waals surface area contributed by atoms with Gasteiger partial charge in [-0.05, 0) is 18.6 Å². The number of amides is 1. The van der Waals surface area contributed by atoms with E-state index in [0.29, 0.717) is 17.0 Å². The number of aryl methyl sites for hydroxylation is 1. The van der Waals surface area contributed by atoms with Crippen LogP contribution in [0.5, 0.6) is 0 Å². The molecule has 0 unspecified atom stereocenters. The lowest BCUT2D eigenvalue weighted by Crippen LogP contribution is -2.25. The molecular formula is C21H19N3OS2. The zero-order chi connectivity index (χ0) is 19.1. The van der Waals surface area contributed by atoms with Crippen LogP contribution >= 0.6 is 23.1 Å². The molecule has 3 rings (SSSR count). The van der Waals surface area contributed by atoms with Gasteiger partial charge in [0.05, 0.1) is 22.3 Å². The Kier molecular flexibility index (Phi) is 6.64. The van der Waals surface area contributed by atoms with Crippen molar-refractivity contribution in [2.24, 2.45) is 0 Å². The molecule has 0 radical (unpaired) electrons. The number of thioether (sulfide) groups is 1. The monoisotopic (exact) mass is 393 g/mol. The van der Waals surface area contributed by atoms with Gasteiger partial charge in [-0.15, -0.1) is 11.3 Å². The van der Waals surface area contributed by atoms with Crippen molar-refractivity contribution >= 4 is 29.0 Å². The third-order valence-corrected chi connectivity index (χ3v) is 5.89. The van der Waals surface area contributed by atoms with E-state index in [0.717, 1.165) is 33.3 Å². The first-order valence-corrected chi connectivity index (χ1v) is 10.5. The Morgan fingerprint density at radius 2 is 1.93 bits per heavy atom. The highest BCUT2D eigenvalue weighted by Gasteiger charge is 2.17. The number of hydrogen-bond donors (Lipinski definition) is 1. The fraction of sp³-hybridized carbons (Fsp3) is 0.190. The molecule has 0 spiro atoms. The standard InChI is InChI=1S/C21H19N3OS2/c1-15-24-19(16-7-3-2-4-8-16)20(27-15)21(25)23-11-12-26-14-18-10-6-5-9-17(18)13-22/h2-10H,11-12,14H2,1H3,(H,23,25). The van der Waals surface area contributed by atoms with Gasteiger partial charge in [0.1, 0.15) is 4.88 Å². The van der Waals surface area contributed by atoms with E-state index in [-0.39, 0.29) is 5.91 Å². The number of nitrogens with zero attached hydrogens (tertiary/aromatic N) is 2. The summed E-state index contributed by atoms with van der Waals surface area (Å²) in [6, 6.07) is 19.6. The first-order valence-electron chi connectivity index (χ1n) is 8.56. The van der Waals surface area contributed by atoms with Gasteiger partial charge in [-0.3, -0.25) is 4.79 Å². The van der Waals surface area contributed by atoms with Crippen molar-refractivity contribution in [1.29, 1.82) is 5.26 Å². The molecule has 0 atom stereocenters. The number of rotatable bonds is 7. The minimum Gasteiger partial charge on any atom is -0.350 e. The molecule has 136 valence electrons. The average molecular weight is 394 g/mol. The number of thiazole rings is 1. The van der Waals surface area contributed by atoms with Crippen LogP contribution in [0.25, 0.3) is 11.3 Å². The van der Waals surface area contributed by atoms with Crippen molar-refractivity contribution in [3.63, 3.8) is 0 Å². The van der Waals surface area contributed by atoms with Crippen molar-refractivity contribution in [3.8, 4) is 17.3 Å². The van der Waals surface area contributed by atoms with Crippen LogP contribution in [-0.2, 0) is 5.75 Å². The van der Waals surface area contributed by atoms with Crippen LogP contribution in [0.1, 0.15) is 25.8 Å². The molecule has 1 amide bonds.